The van der Waals surface area contributed by atoms with Gasteiger partial charge in [-0.1, -0.05) is 129 Å². The number of methoxy groups -OCH3 is 2. The molecule has 0 aliphatic heterocycles. The van der Waals surface area contributed by atoms with E-state index in [0.717, 1.165) is 18.9 Å². The smallest absolute Gasteiger partial charge is 0.314 e. The first-order valence-corrected chi connectivity index (χ1v) is 16.8. The van der Waals surface area contributed by atoms with Gasteiger partial charge < -0.3 is 13.9 Å². The minimum Gasteiger partial charge on any atom is -0.516 e. The normalized spacial score (nSPS) is 10.8. The van der Waals surface area contributed by atoms with Crippen molar-refractivity contribution in [3.63, 3.8) is 0 Å². The lowest BCUT2D eigenvalue weighted by Gasteiger charge is -2.12. The maximum Gasteiger partial charge on any atom is 0.314 e. The fourth-order valence-corrected chi connectivity index (χ4v) is 5.13. The van der Waals surface area contributed by atoms with E-state index in [1.807, 2.05) is 0 Å². The Bertz CT molecular complexity index is 450. The van der Waals surface area contributed by atoms with Gasteiger partial charge >= 0.3 is 9.76 Å². The van der Waals surface area contributed by atoms with Gasteiger partial charge in [-0.15, -0.1) is 12.6 Å². The molecule has 0 aromatic rings. The highest BCUT2D eigenvalue weighted by atomic mass is 32.1. The number of hydrogen-bond donors (Lipinski definition) is 1. The summed E-state index contributed by atoms with van der Waals surface area (Å²) in [5.74, 6) is 0.0235. The third-order valence-corrected chi connectivity index (χ3v) is 7.59. The summed E-state index contributed by atoms with van der Waals surface area (Å²) in [6.07, 6.45) is 29.1. The molecule has 220 valence electrons. The van der Waals surface area contributed by atoms with E-state index in [2.05, 4.69) is 19.6 Å². The average Bonchev–Trinajstić information content (AvgIpc) is 2.90. The standard InChI is InChI=1S/C29H58O4Si.CH2OS/c1-4-5-6-7-18-21-24-27-34-33-28(30)25-22-19-16-14-12-10-8-9-11-13-15-17-20-23-26-29(31-2)32-3;2-1-3/h29H,4-27H2,1-3H3;1H,(H,2,3). The van der Waals surface area contributed by atoms with Gasteiger partial charge in [-0.2, -0.15) is 0 Å². The van der Waals surface area contributed by atoms with E-state index >= 15 is 0 Å². The second-order valence-electron chi connectivity index (χ2n) is 9.98. The molecule has 0 bridgehead atoms. The van der Waals surface area contributed by atoms with Crippen LogP contribution in [0.4, 0.5) is 0 Å². The maximum absolute atomic E-state index is 11.8. The van der Waals surface area contributed by atoms with Gasteiger partial charge in [0, 0.05) is 20.6 Å². The highest BCUT2D eigenvalue weighted by Gasteiger charge is 2.05. The van der Waals surface area contributed by atoms with Crippen molar-refractivity contribution in [3.05, 3.63) is 0 Å². The van der Waals surface area contributed by atoms with Gasteiger partial charge in [-0.3, -0.25) is 9.59 Å². The molecule has 0 amide bonds. The molecule has 0 saturated carbocycles. The average molecular weight is 561 g/mol. The molecule has 0 rings (SSSR count). The summed E-state index contributed by atoms with van der Waals surface area (Å²) in [5.41, 5.74) is 0.444. The zero-order valence-electron chi connectivity index (χ0n) is 24.6. The van der Waals surface area contributed by atoms with E-state index in [9.17, 15) is 4.79 Å². The monoisotopic (exact) mass is 560 g/mol. The SMILES string of the molecule is CCCCCCCCC[Si]OC(=O)CCCCCCCCCCCCCCCCC(OC)OC.O=CS. The topological polar surface area (TPSA) is 61.8 Å². The van der Waals surface area contributed by atoms with Crippen molar-refractivity contribution in [2.24, 2.45) is 0 Å². The molecule has 5 nitrogen and oxygen atoms in total. The number of rotatable bonds is 28. The summed E-state index contributed by atoms with van der Waals surface area (Å²) in [6, 6.07) is 1.06. The Balaban J connectivity index is 0. The Labute approximate surface area is 238 Å². The molecule has 0 saturated heterocycles. The van der Waals surface area contributed by atoms with Crippen molar-refractivity contribution >= 4 is 34.0 Å². The number of ether oxygens (including phenoxy) is 2. The Morgan fingerprint density at radius 1 is 0.676 bits per heavy atom. The fourth-order valence-electron chi connectivity index (χ4n) is 4.37. The molecule has 0 aliphatic rings. The summed E-state index contributed by atoms with van der Waals surface area (Å²) in [6.45, 7) is 2.26. The largest absolute Gasteiger partial charge is 0.516 e. The Morgan fingerprint density at radius 2 is 1.05 bits per heavy atom. The van der Waals surface area contributed by atoms with Crippen LogP contribution in [-0.4, -0.2) is 41.9 Å². The van der Waals surface area contributed by atoms with Crippen LogP contribution in [0.25, 0.3) is 0 Å². The van der Waals surface area contributed by atoms with Gasteiger partial charge in [0.05, 0.1) is 0 Å². The first-order chi connectivity index (χ1) is 18.2. The van der Waals surface area contributed by atoms with Crippen LogP contribution in [0, 0.1) is 0 Å². The third kappa shape index (κ3) is 35.6. The second kappa shape index (κ2) is 35.6. The van der Waals surface area contributed by atoms with Crippen LogP contribution < -0.4 is 0 Å². The minimum atomic E-state index is -0.0221. The quantitative estimate of drug-likeness (QED) is 0.0340. The molecule has 2 radical (unpaired) electrons. The first-order valence-electron chi connectivity index (χ1n) is 15.2. The van der Waals surface area contributed by atoms with Gasteiger partial charge in [0.2, 0.25) is 0 Å². The van der Waals surface area contributed by atoms with Crippen LogP contribution >= 0.6 is 12.6 Å². The van der Waals surface area contributed by atoms with Crippen LogP contribution in [0.15, 0.2) is 0 Å². The van der Waals surface area contributed by atoms with Gasteiger partial charge in [0.25, 0.3) is 5.97 Å². The zero-order chi connectivity index (χ0) is 27.7. The summed E-state index contributed by atoms with van der Waals surface area (Å²) >= 11 is 3.11. The number of carbonyl (C=O) groups is 2. The molecule has 37 heavy (non-hydrogen) atoms. The van der Waals surface area contributed by atoms with Gasteiger partial charge in [-0.05, 0) is 25.3 Å². The van der Waals surface area contributed by atoms with Crippen molar-refractivity contribution in [3.8, 4) is 0 Å². The molecule has 0 N–H and O–H groups in total. The van der Waals surface area contributed by atoms with E-state index in [1.54, 1.807) is 14.2 Å². The van der Waals surface area contributed by atoms with Crippen molar-refractivity contribution < 1.29 is 23.5 Å². The predicted molar refractivity (Wildman–Crippen MR) is 162 cm³/mol. The van der Waals surface area contributed by atoms with E-state index in [4.69, 9.17) is 18.7 Å². The van der Waals surface area contributed by atoms with E-state index in [-0.39, 0.29) is 12.3 Å². The Morgan fingerprint density at radius 3 is 1.49 bits per heavy atom. The van der Waals surface area contributed by atoms with Gasteiger partial charge in [-0.25, -0.2) is 0 Å². The molecule has 0 aromatic heterocycles. The van der Waals surface area contributed by atoms with Crippen molar-refractivity contribution in [2.45, 2.75) is 167 Å². The number of hydrogen-bond acceptors (Lipinski definition) is 5. The lowest BCUT2D eigenvalue weighted by atomic mass is 10.0. The lowest BCUT2D eigenvalue weighted by molar-refractivity contribution is -0.134. The second-order valence-corrected chi connectivity index (χ2v) is 11.2. The molecule has 0 heterocycles. The van der Waals surface area contributed by atoms with Gasteiger partial charge in [0.1, 0.15) is 0 Å². The Hall–Kier alpha value is -0.373. The summed E-state index contributed by atoms with van der Waals surface area (Å²) in [4.78, 5) is 20.5. The first kappa shape index (κ1) is 38.8. The third-order valence-electron chi connectivity index (χ3n) is 6.66. The van der Waals surface area contributed by atoms with Crippen molar-refractivity contribution in [1.29, 1.82) is 0 Å². The van der Waals surface area contributed by atoms with E-state index in [0.29, 0.717) is 21.8 Å². The summed E-state index contributed by atoms with van der Waals surface area (Å²) < 4.78 is 15.8. The summed E-state index contributed by atoms with van der Waals surface area (Å²) in [7, 11) is 3.81. The van der Waals surface area contributed by atoms with Crippen LogP contribution in [0.5, 0.6) is 0 Å². The van der Waals surface area contributed by atoms with Crippen LogP contribution in [0.1, 0.15) is 155 Å². The van der Waals surface area contributed by atoms with Crippen molar-refractivity contribution in [1.82, 2.24) is 0 Å². The minimum absolute atomic E-state index is 0.0221. The van der Waals surface area contributed by atoms with Gasteiger partial charge in [0.15, 0.2) is 11.9 Å². The molecule has 7 heteroatoms. The maximum atomic E-state index is 11.8. The molecular formula is C30H60O5SSi. The molecule has 0 aromatic carbocycles. The number of thiol groups is 1. The lowest BCUT2D eigenvalue weighted by Crippen LogP contribution is -2.12. The molecule has 0 spiro atoms. The zero-order valence-corrected chi connectivity index (χ0v) is 26.5. The highest BCUT2D eigenvalue weighted by molar-refractivity contribution is 7.94. The van der Waals surface area contributed by atoms with E-state index < -0.39 is 0 Å². The number of carbonyl (C=O) groups excluding carboxylic acids is 2. The fraction of sp³-hybridized carbons (Fsp3) is 0.933. The molecule has 0 aliphatic carbocycles. The Kier molecular flexibility index (Phi) is 37.3. The highest BCUT2D eigenvalue weighted by Crippen LogP contribution is 2.15. The summed E-state index contributed by atoms with van der Waals surface area (Å²) in [5, 5.41) is 0. The molecule has 0 unspecified atom stereocenters. The van der Waals surface area contributed by atoms with Crippen LogP contribution in [-0.2, 0) is 23.5 Å². The predicted octanol–water partition coefficient (Wildman–Crippen LogP) is 9.28. The van der Waals surface area contributed by atoms with Crippen LogP contribution in [0.2, 0.25) is 6.04 Å². The van der Waals surface area contributed by atoms with E-state index in [1.165, 1.54) is 128 Å². The number of unbranched alkanes of at least 4 members (excludes halogenated alkanes) is 19. The molecule has 0 atom stereocenters. The molecular weight excluding hydrogens is 500 g/mol. The van der Waals surface area contributed by atoms with Crippen molar-refractivity contribution in [2.75, 3.05) is 14.2 Å². The molecule has 0 fully saturated rings. The van der Waals surface area contributed by atoms with Crippen LogP contribution in [0.3, 0.4) is 0 Å².